The van der Waals surface area contributed by atoms with Crippen LogP contribution in [0.25, 0.3) is 0 Å². The van der Waals surface area contributed by atoms with Gasteiger partial charge in [0.05, 0.1) is 17.7 Å². The lowest BCUT2D eigenvalue weighted by Gasteiger charge is -2.28. The van der Waals surface area contributed by atoms with Crippen molar-refractivity contribution in [1.29, 1.82) is 0 Å². The van der Waals surface area contributed by atoms with E-state index < -0.39 is 12.0 Å². The molecule has 0 radical (unpaired) electrons. The van der Waals surface area contributed by atoms with Gasteiger partial charge in [-0.25, -0.2) is 9.59 Å². The molecule has 2 aliphatic rings. The Morgan fingerprint density at radius 1 is 1.03 bits per heavy atom. The van der Waals surface area contributed by atoms with Gasteiger partial charge in [-0.05, 0) is 55.9 Å². The summed E-state index contributed by atoms with van der Waals surface area (Å²) in [6.07, 6.45) is 4.88. The minimum Gasteiger partial charge on any atom is -0.490 e. The second kappa shape index (κ2) is 9.03. The summed E-state index contributed by atoms with van der Waals surface area (Å²) in [5, 5.41) is 5.51. The van der Waals surface area contributed by atoms with Crippen molar-refractivity contribution in [3.63, 3.8) is 0 Å². The van der Waals surface area contributed by atoms with Crippen molar-refractivity contribution in [2.75, 3.05) is 0 Å². The molecule has 2 amide bonds. The minimum absolute atomic E-state index is 0.172. The van der Waals surface area contributed by atoms with E-state index in [-0.39, 0.29) is 18.7 Å². The number of amides is 2. The number of ether oxygens (including phenoxy) is 2. The maximum atomic E-state index is 12.9. The second-order valence-electron chi connectivity index (χ2n) is 7.73. The van der Waals surface area contributed by atoms with Crippen LogP contribution in [-0.2, 0) is 16.1 Å². The highest BCUT2D eigenvalue weighted by molar-refractivity contribution is 5.95. The van der Waals surface area contributed by atoms with E-state index in [0.29, 0.717) is 11.3 Å². The fourth-order valence-electron chi connectivity index (χ4n) is 3.95. The molecule has 2 aromatic rings. The van der Waals surface area contributed by atoms with Crippen molar-refractivity contribution in [1.82, 2.24) is 10.6 Å². The molecular weight excluding hydrogens is 380 g/mol. The number of esters is 1. The summed E-state index contributed by atoms with van der Waals surface area (Å²) in [7, 11) is 0. The number of hydrogen-bond acceptors (Lipinski definition) is 4. The van der Waals surface area contributed by atoms with Crippen molar-refractivity contribution >= 4 is 12.0 Å². The van der Waals surface area contributed by atoms with E-state index in [0.717, 1.165) is 29.7 Å². The highest BCUT2D eigenvalue weighted by atomic mass is 16.5. The lowest BCUT2D eigenvalue weighted by molar-refractivity contribution is -0.140. The Kier molecular flexibility index (Phi) is 6.02. The Balaban J connectivity index is 1.50. The SMILES string of the molecule is CC1=C(C(=O)OCc2ccccc2)C(c2ccc(OC3CCCC3)cc2)NC(=O)N1. The predicted octanol–water partition coefficient (Wildman–Crippen LogP) is 4.38. The zero-order valence-electron chi connectivity index (χ0n) is 17.0. The molecule has 6 nitrogen and oxygen atoms in total. The number of carbonyl (C=O) groups is 2. The van der Waals surface area contributed by atoms with Gasteiger partial charge >= 0.3 is 12.0 Å². The van der Waals surface area contributed by atoms with E-state index in [2.05, 4.69) is 10.6 Å². The van der Waals surface area contributed by atoms with Gasteiger partial charge in [0.2, 0.25) is 0 Å². The molecule has 1 fully saturated rings. The van der Waals surface area contributed by atoms with E-state index in [1.165, 1.54) is 12.8 Å². The van der Waals surface area contributed by atoms with E-state index in [1.54, 1.807) is 6.92 Å². The predicted molar refractivity (Wildman–Crippen MR) is 113 cm³/mol. The first-order valence-electron chi connectivity index (χ1n) is 10.4. The Bertz CT molecular complexity index is 931. The van der Waals surface area contributed by atoms with Crippen molar-refractivity contribution in [3.05, 3.63) is 77.0 Å². The van der Waals surface area contributed by atoms with Gasteiger partial charge in [-0.15, -0.1) is 0 Å². The summed E-state index contributed by atoms with van der Waals surface area (Å²) in [4.78, 5) is 24.9. The smallest absolute Gasteiger partial charge is 0.338 e. The largest absolute Gasteiger partial charge is 0.490 e. The molecule has 0 bridgehead atoms. The third kappa shape index (κ3) is 4.64. The molecule has 0 aromatic heterocycles. The maximum absolute atomic E-state index is 12.9. The van der Waals surface area contributed by atoms with Crippen molar-refractivity contribution in [2.45, 2.75) is 51.4 Å². The van der Waals surface area contributed by atoms with Gasteiger partial charge in [0.1, 0.15) is 12.4 Å². The normalized spacial score (nSPS) is 19.2. The Morgan fingerprint density at radius 3 is 2.43 bits per heavy atom. The number of nitrogens with one attached hydrogen (secondary N) is 2. The molecule has 1 heterocycles. The Labute approximate surface area is 176 Å². The average molecular weight is 406 g/mol. The molecule has 6 heteroatoms. The summed E-state index contributed by atoms with van der Waals surface area (Å²) in [6, 6.07) is 16.1. The fraction of sp³-hybridized carbons (Fsp3) is 0.333. The first kappa shape index (κ1) is 20.0. The molecule has 2 N–H and O–H groups in total. The molecular formula is C24H26N2O4. The fourth-order valence-corrected chi connectivity index (χ4v) is 3.95. The summed E-state index contributed by atoms with van der Waals surface area (Å²) < 4.78 is 11.5. The van der Waals surface area contributed by atoms with Crippen LogP contribution in [0.3, 0.4) is 0 Å². The number of carbonyl (C=O) groups excluding carboxylic acids is 2. The third-order valence-electron chi connectivity index (χ3n) is 5.52. The molecule has 1 aliphatic heterocycles. The summed E-state index contributed by atoms with van der Waals surface area (Å²) in [5.41, 5.74) is 2.60. The van der Waals surface area contributed by atoms with Crippen LogP contribution in [0.1, 0.15) is 49.8 Å². The highest BCUT2D eigenvalue weighted by Crippen LogP contribution is 2.30. The van der Waals surface area contributed by atoms with Crippen LogP contribution in [0, 0.1) is 0 Å². The van der Waals surface area contributed by atoms with E-state index in [1.807, 2.05) is 54.6 Å². The number of rotatable bonds is 6. The number of urea groups is 1. The van der Waals surface area contributed by atoms with E-state index in [9.17, 15) is 9.59 Å². The van der Waals surface area contributed by atoms with Gasteiger partial charge < -0.3 is 20.1 Å². The van der Waals surface area contributed by atoms with Crippen LogP contribution in [-0.4, -0.2) is 18.1 Å². The van der Waals surface area contributed by atoms with Gasteiger partial charge in [0.15, 0.2) is 0 Å². The van der Waals surface area contributed by atoms with Crippen LogP contribution in [0.5, 0.6) is 5.75 Å². The number of hydrogen-bond donors (Lipinski definition) is 2. The first-order chi connectivity index (χ1) is 14.6. The summed E-state index contributed by atoms with van der Waals surface area (Å²) in [5.74, 6) is 0.347. The first-order valence-corrected chi connectivity index (χ1v) is 10.4. The van der Waals surface area contributed by atoms with E-state index in [4.69, 9.17) is 9.47 Å². The average Bonchev–Trinajstić information content (AvgIpc) is 3.26. The molecule has 1 saturated carbocycles. The van der Waals surface area contributed by atoms with Crippen molar-refractivity contribution in [2.24, 2.45) is 0 Å². The zero-order valence-corrected chi connectivity index (χ0v) is 17.0. The van der Waals surface area contributed by atoms with Crippen LogP contribution in [0.4, 0.5) is 4.79 Å². The molecule has 1 atom stereocenters. The van der Waals surface area contributed by atoms with Crippen LogP contribution < -0.4 is 15.4 Å². The molecule has 1 unspecified atom stereocenters. The lowest BCUT2D eigenvalue weighted by Crippen LogP contribution is -2.45. The van der Waals surface area contributed by atoms with Gasteiger partial charge in [-0.3, -0.25) is 0 Å². The van der Waals surface area contributed by atoms with Crippen molar-refractivity contribution < 1.29 is 19.1 Å². The molecule has 0 spiro atoms. The van der Waals surface area contributed by atoms with Crippen molar-refractivity contribution in [3.8, 4) is 5.75 Å². The van der Waals surface area contributed by atoms with Gasteiger partial charge in [0.25, 0.3) is 0 Å². The van der Waals surface area contributed by atoms with Crippen LogP contribution in [0.15, 0.2) is 65.9 Å². The summed E-state index contributed by atoms with van der Waals surface area (Å²) >= 11 is 0. The van der Waals surface area contributed by atoms with Crippen LogP contribution in [0.2, 0.25) is 0 Å². The van der Waals surface area contributed by atoms with Gasteiger partial charge in [-0.2, -0.15) is 0 Å². The molecule has 156 valence electrons. The highest BCUT2D eigenvalue weighted by Gasteiger charge is 2.32. The van der Waals surface area contributed by atoms with E-state index >= 15 is 0 Å². The second-order valence-corrected chi connectivity index (χ2v) is 7.73. The Hall–Kier alpha value is -3.28. The molecule has 4 rings (SSSR count). The molecule has 30 heavy (non-hydrogen) atoms. The topological polar surface area (TPSA) is 76.7 Å². The number of benzene rings is 2. The molecule has 2 aromatic carbocycles. The van der Waals surface area contributed by atoms with Gasteiger partial charge in [0, 0.05) is 5.70 Å². The Morgan fingerprint density at radius 2 is 1.73 bits per heavy atom. The minimum atomic E-state index is -0.581. The molecule has 0 saturated heterocycles. The zero-order chi connectivity index (χ0) is 20.9. The standard InChI is InChI=1S/C24H26N2O4/c1-16-21(23(27)29-15-17-7-3-2-4-8-17)22(26-24(28)25-16)18-11-13-20(14-12-18)30-19-9-5-6-10-19/h2-4,7-8,11-14,19,22H,5-6,9-10,15H2,1H3,(H2,25,26,28). The third-order valence-corrected chi connectivity index (χ3v) is 5.52. The number of allylic oxidation sites excluding steroid dienone is 1. The van der Waals surface area contributed by atoms with Crippen LogP contribution >= 0.6 is 0 Å². The summed E-state index contributed by atoms with van der Waals surface area (Å²) in [6.45, 7) is 1.88. The lowest BCUT2D eigenvalue weighted by atomic mass is 9.95. The van der Waals surface area contributed by atoms with Gasteiger partial charge in [-0.1, -0.05) is 42.5 Å². The maximum Gasteiger partial charge on any atom is 0.338 e. The quantitative estimate of drug-likeness (QED) is 0.698. The monoisotopic (exact) mass is 406 g/mol. The molecule has 1 aliphatic carbocycles.